The summed E-state index contributed by atoms with van der Waals surface area (Å²) in [6.45, 7) is -0.0356. The van der Waals surface area contributed by atoms with E-state index in [2.05, 4.69) is 10.3 Å². The van der Waals surface area contributed by atoms with Gasteiger partial charge in [0.25, 0.3) is 5.91 Å². The summed E-state index contributed by atoms with van der Waals surface area (Å²) in [5, 5.41) is 3.69. The predicted octanol–water partition coefficient (Wildman–Crippen LogP) is 2.18. The molecule has 1 aromatic carbocycles. The molecule has 3 rings (SSSR count). The topological polar surface area (TPSA) is 104 Å². The highest BCUT2D eigenvalue weighted by atomic mass is 19.4. The summed E-state index contributed by atoms with van der Waals surface area (Å²) in [5.74, 6) is -1.95. The zero-order chi connectivity index (χ0) is 20.5. The summed E-state index contributed by atoms with van der Waals surface area (Å²) >= 11 is 0. The number of rotatable bonds is 6. The first-order chi connectivity index (χ1) is 13.2. The van der Waals surface area contributed by atoms with Gasteiger partial charge in [-0.25, -0.2) is 4.98 Å². The number of hydrogen-bond acceptors (Lipinski definition) is 5. The van der Waals surface area contributed by atoms with Crippen LogP contribution in [0.2, 0.25) is 0 Å². The molecule has 1 aliphatic rings. The summed E-state index contributed by atoms with van der Waals surface area (Å²) in [4.78, 5) is 27.4. The molecule has 2 amide bonds. The fraction of sp³-hybridized carbons (Fsp3) is 0.389. The van der Waals surface area contributed by atoms with Gasteiger partial charge in [0, 0.05) is 17.5 Å². The molecule has 2 aromatic rings. The Bertz CT molecular complexity index is 917. The Morgan fingerprint density at radius 3 is 2.79 bits per heavy atom. The number of methoxy groups -OCH3 is 1. The zero-order valence-electron chi connectivity index (χ0n) is 14.9. The summed E-state index contributed by atoms with van der Waals surface area (Å²) in [7, 11) is 1.39. The van der Waals surface area contributed by atoms with E-state index in [1.54, 1.807) is 18.2 Å². The molecule has 0 spiro atoms. The summed E-state index contributed by atoms with van der Waals surface area (Å²) in [5.41, 5.74) is 5.54. The third-order valence-corrected chi connectivity index (χ3v) is 4.50. The first-order valence-electron chi connectivity index (χ1n) is 8.44. The third-order valence-electron chi connectivity index (χ3n) is 4.50. The Morgan fingerprint density at radius 2 is 2.14 bits per heavy atom. The number of nitrogens with two attached hydrogens (primary N) is 1. The van der Waals surface area contributed by atoms with Gasteiger partial charge in [-0.15, -0.1) is 0 Å². The minimum atomic E-state index is -4.40. The number of benzene rings is 1. The number of hydrogen-bond donors (Lipinski definition) is 2. The van der Waals surface area contributed by atoms with Crippen LogP contribution < -0.4 is 20.5 Å². The van der Waals surface area contributed by atoms with Gasteiger partial charge in [-0.05, 0) is 30.0 Å². The Balaban J connectivity index is 1.76. The molecule has 1 aromatic heterocycles. The number of pyridine rings is 1. The number of nitrogens with zero attached hydrogens (tertiary/aromatic N) is 1. The van der Waals surface area contributed by atoms with Gasteiger partial charge in [0.05, 0.1) is 25.1 Å². The highest BCUT2D eigenvalue weighted by Gasteiger charge is 2.40. The maximum Gasteiger partial charge on any atom is 0.389 e. The van der Waals surface area contributed by atoms with Crippen molar-refractivity contribution in [2.45, 2.75) is 25.1 Å². The lowest BCUT2D eigenvalue weighted by Crippen LogP contribution is -2.31. The molecule has 0 bridgehead atoms. The van der Waals surface area contributed by atoms with Gasteiger partial charge in [-0.3, -0.25) is 9.59 Å². The standard InChI is InChI=1S/C18H18F3N3O4/c1-27-14-6-12-9(5-13(14)15(22)25)2-3-23-17(12)28-8-11-4-10(16(26)24-11)7-18(19,20)21/h2-3,5-6,10-11H,4,7-8H2,1H3,(H2,22,25)(H,24,26)/t10-,11+/m1/s1. The van der Waals surface area contributed by atoms with E-state index in [4.69, 9.17) is 15.2 Å². The van der Waals surface area contributed by atoms with Crippen LogP contribution in [0.5, 0.6) is 11.6 Å². The number of carbonyl (C=O) groups is 2. The van der Waals surface area contributed by atoms with Crippen molar-refractivity contribution in [2.24, 2.45) is 11.7 Å². The van der Waals surface area contributed by atoms with E-state index < -0.39 is 36.4 Å². The van der Waals surface area contributed by atoms with Crippen molar-refractivity contribution < 1.29 is 32.2 Å². The lowest BCUT2D eigenvalue weighted by atomic mass is 10.0. The molecule has 28 heavy (non-hydrogen) atoms. The van der Waals surface area contributed by atoms with Crippen LogP contribution in [0.4, 0.5) is 13.2 Å². The van der Waals surface area contributed by atoms with Crippen molar-refractivity contribution in [2.75, 3.05) is 13.7 Å². The van der Waals surface area contributed by atoms with Crippen LogP contribution in [0.15, 0.2) is 24.4 Å². The maximum atomic E-state index is 12.5. The average Bonchev–Trinajstić information content (AvgIpc) is 2.96. The van der Waals surface area contributed by atoms with Crippen molar-refractivity contribution in [3.8, 4) is 11.6 Å². The van der Waals surface area contributed by atoms with E-state index in [1.807, 2.05) is 0 Å². The van der Waals surface area contributed by atoms with Crippen LogP contribution in [-0.2, 0) is 4.79 Å². The van der Waals surface area contributed by atoms with E-state index in [1.165, 1.54) is 13.3 Å². The molecule has 0 unspecified atom stereocenters. The van der Waals surface area contributed by atoms with Crippen LogP contribution >= 0.6 is 0 Å². The SMILES string of the molecule is COc1cc2c(OC[C@@H]3C[C@H](CC(F)(F)F)C(=O)N3)nccc2cc1C(N)=O. The van der Waals surface area contributed by atoms with Crippen molar-refractivity contribution in [1.29, 1.82) is 0 Å². The largest absolute Gasteiger partial charge is 0.496 e. The van der Waals surface area contributed by atoms with Crippen molar-refractivity contribution in [3.63, 3.8) is 0 Å². The molecule has 0 saturated carbocycles. The fourth-order valence-electron chi connectivity index (χ4n) is 3.22. The highest BCUT2D eigenvalue weighted by Crippen LogP contribution is 2.32. The number of halogens is 3. The number of carbonyl (C=O) groups excluding carboxylic acids is 2. The van der Waals surface area contributed by atoms with Crippen molar-refractivity contribution >= 4 is 22.6 Å². The average molecular weight is 397 g/mol. The van der Waals surface area contributed by atoms with E-state index in [0.717, 1.165) is 0 Å². The van der Waals surface area contributed by atoms with Gasteiger partial charge < -0.3 is 20.5 Å². The van der Waals surface area contributed by atoms with Crippen LogP contribution in [0, 0.1) is 5.92 Å². The quantitative estimate of drug-likeness (QED) is 0.778. The van der Waals surface area contributed by atoms with Gasteiger partial charge in [0.1, 0.15) is 12.4 Å². The van der Waals surface area contributed by atoms with Crippen LogP contribution in [0.25, 0.3) is 10.8 Å². The van der Waals surface area contributed by atoms with E-state index in [9.17, 15) is 22.8 Å². The molecule has 2 atom stereocenters. The van der Waals surface area contributed by atoms with Crippen LogP contribution in [0.1, 0.15) is 23.2 Å². The minimum absolute atomic E-state index is 0.0260. The predicted molar refractivity (Wildman–Crippen MR) is 93.0 cm³/mol. The van der Waals surface area contributed by atoms with Gasteiger partial charge in [0.2, 0.25) is 11.8 Å². The number of ether oxygens (including phenoxy) is 2. The molecule has 0 radical (unpaired) electrons. The molecule has 1 fully saturated rings. The zero-order valence-corrected chi connectivity index (χ0v) is 14.9. The molecule has 10 heteroatoms. The van der Waals surface area contributed by atoms with Gasteiger partial charge >= 0.3 is 6.18 Å². The molecule has 1 aliphatic heterocycles. The number of primary amides is 1. The molecule has 3 N–H and O–H groups in total. The Labute approximate surface area is 158 Å². The summed E-state index contributed by atoms with van der Waals surface area (Å²) in [6.07, 6.45) is -4.06. The van der Waals surface area contributed by atoms with E-state index in [-0.39, 0.29) is 30.2 Å². The molecule has 0 aliphatic carbocycles. The van der Waals surface area contributed by atoms with Gasteiger partial charge in [0.15, 0.2) is 0 Å². The molecular formula is C18H18F3N3O4. The number of alkyl halides is 3. The van der Waals surface area contributed by atoms with Crippen LogP contribution in [0.3, 0.4) is 0 Å². The molecule has 150 valence electrons. The normalized spacial score (nSPS) is 19.5. The third kappa shape index (κ3) is 4.26. The summed E-state index contributed by atoms with van der Waals surface area (Å²) in [6, 6.07) is 4.20. The summed E-state index contributed by atoms with van der Waals surface area (Å²) < 4.78 is 48.4. The highest BCUT2D eigenvalue weighted by molar-refractivity contribution is 6.01. The molecule has 7 nitrogen and oxygen atoms in total. The van der Waals surface area contributed by atoms with Gasteiger partial charge in [-0.1, -0.05) is 0 Å². The van der Waals surface area contributed by atoms with E-state index >= 15 is 0 Å². The number of aromatic nitrogens is 1. The minimum Gasteiger partial charge on any atom is -0.496 e. The Morgan fingerprint density at radius 1 is 1.39 bits per heavy atom. The maximum absolute atomic E-state index is 12.5. The second-order valence-electron chi connectivity index (χ2n) is 6.52. The smallest absolute Gasteiger partial charge is 0.389 e. The number of fused-ring (bicyclic) bond motifs is 1. The fourth-order valence-corrected chi connectivity index (χ4v) is 3.22. The Hall–Kier alpha value is -3.04. The second-order valence-corrected chi connectivity index (χ2v) is 6.52. The van der Waals surface area contributed by atoms with Crippen molar-refractivity contribution in [1.82, 2.24) is 10.3 Å². The first kappa shape index (κ1) is 19.7. The lowest BCUT2D eigenvalue weighted by molar-refractivity contribution is -0.151. The molecule has 2 heterocycles. The van der Waals surface area contributed by atoms with E-state index in [0.29, 0.717) is 10.8 Å². The number of nitrogens with one attached hydrogen (secondary N) is 1. The Kier molecular flexibility index (Phi) is 5.30. The van der Waals surface area contributed by atoms with Crippen LogP contribution in [-0.4, -0.2) is 42.7 Å². The van der Waals surface area contributed by atoms with Crippen molar-refractivity contribution in [3.05, 3.63) is 30.0 Å². The number of amides is 2. The lowest BCUT2D eigenvalue weighted by Gasteiger charge is -2.14. The molecular weight excluding hydrogens is 379 g/mol. The monoisotopic (exact) mass is 397 g/mol. The first-order valence-corrected chi connectivity index (χ1v) is 8.44. The molecule has 1 saturated heterocycles. The second kappa shape index (κ2) is 7.53. The van der Waals surface area contributed by atoms with Gasteiger partial charge in [-0.2, -0.15) is 13.2 Å².